The summed E-state index contributed by atoms with van der Waals surface area (Å²) in [6.45, 7) is 11.4. The van der Waals surface area contributed by atoms with Gasteiger partial charge in [-0.3, -0.25) is 4.79 Å². The van der Waals surface area contributed by atoms with Gasteiger partial charge < -0.3 is 9.47 Å². The number of fused-ring (bicyclic) bond motifs is 2. The number of carbonyl (C=O) groups is 1. The molecule has 3 aliphatic rings. The predicted molar refractivity (Wildman–Crippen MR) is 119 cm³/mol. The van der Waals surface area contributed by atoms with Crippen LogP contribution < -0.4 is 9.47 Å². The van der Waals surface area contributed by atoms with Gasteiger partial charge in [0.2, 0.25) is 0 Å². The second-order valence-electron chi connectivity index (χ2n) is 10.5. The minimum atomic E-state index is 0.0655. The first kappa shape index (κ1) is 22.2. The van der Waals surface area contributed by atoms with Crippen molar-refractivity contribution in [3.05, 3.63) is 23.3 Å². The van der Waals surface area contributed by atoms with E-state index in [4.69, 9.17) is 9.47 Å². The quantitative estimate of drug-likeness (QED) is 0.434. The highest BCUT2D eigenvalue weighted by Crippen LogP contribution is 2.64. The molecule has 3 nitrogen and oxygen atoms in total. The summed E-state index contributed by atoms with van der Waals surface area (Å²) < 4.78 is 11.8. The van der Waals surface area contributed by atoms with Crippen LogP contribution in [0.5, 0.6) is 11.5 Å². The summed E-state index contributed by atoms with van der Waals surface area (Å²) in [5.41, 5.74) is 2.51. The van der Waals surface area contributed by atoms with Crippen LogP contribution in [0.2, 0.25) is 0 Å². The first-order valence-electron chi connectivity index (χ1n) is 11.5. The molecule has 1 aromatic rings. The SMILES string of the molecule is CCCCCCC(C)(C)c1cc(OC)c(C2CC(=O)[C@@H]3C[C@H]2C3(C)C)c(OC)c1. The van der Waals surface area contributed by atoms with Crippen molar-refractivity contribution < 1.29 is 14.3 Å². The van der Waals surface area contributed by atoms with Gasteiger partial charge in [-0.15, -0.1) is 0 Å². The van der Waals surface area contributed by atoms with E-state index in [1.807, 2.05) is 0 Å². The van der Waals surface area contributed by atoms with Gasteiger partial charge in [0.1, 0.15) is 17.3 Å². The largest absolute Gasteiger partial charge is 0.496 e. The molecule has 162 valence electrons. The molecule has 0 aromatic heterocycles. The zero-order valence-electron chi connectivity index (χ0n) is 19.6. The van der Waals surface area contributed by atoms with Gasteiger partial charge in [0.05, 0.1) is 14.2 Å². The van der Waals surface area contributed by atoms with Crippen LogP contribution in [0.3, 0.4) is 0 Å². The lowest BCUT2D eigenvalue weighted by molar-refractivity contribution is -0.151. The van der Waals surface area contributed by atoms with Crippen LogP contribution in [0, 0.1) is 17.3 Å². The topological polar surface area (TPSA) is 35.5 Å². The molecule has 0 radical (unpaired) electrons. The van der Waals surface area contributed by atoms with E-state index in [1.165, 1.54) is 31.2 Å². The van der Waals surface area contributed by atoms with E-state index in [-0.39, 0.29) is 22.7 Å². The Morgan fingerprint density at radius 3 is 2.17 bits per heavy atom. The summed E-state index contributed by atoms with van der Waals surface area (Å²) in [5.74, 6) is 3.13. The van der Waals surface area contributed by atoms with Gasteiger partial charge >= 0.3 is 0 Å². The number of methoxy groups -OCH3 is 2. The standard InChI is InChI=1S/C26H40O3/c1-8-9-10-11-12-25(2,3)17-13-22(28-6)24(23(14-17)29-7)18-15-21(27)20-16-19(18)26(20,4)5/h13-14,18-20H,8-12,15-16H2,1-7H3/t18?,19-,20+/m1/s1. The second kappa shape index (κ2) is 8.32. The molecule has 2 bridgehead atoms. The second-order valence-corrected chi connectivity index (χ2v) is 10.5. The van der Waals surface area contributed by atoms with Crippen LogP contribution in [-0.4, -0.2) is 20.0 Å². The van der Waals surface area contributed by atoms with Crippen LogP contribution in [0.15, 0.2) is 12.1 Å². The van der Waals surface area contributed by atoms with E-state index in [2.05, 4.69) is 46.8 Å². The van der Waals surface area contributed by atoms with Crippen molar-refractivity contribution >= 4 is 5.78 Å². The van der Waals surface area contributed by atoms with Crippen LogP contribution in [-0.2, 0) is 10.2 Å². The molecule has 3 saturated carbocycles. The first-order chi connectivity index (χ1) is 13.7. The molecule has 0 N–H and O–H groups in total. The fourth-order valence-electron chi connectivity index (χ4n) is 5.83. The Kier molecular flexibility index (Phi) is 6.36. The van der Waals surface area contributed by atoms with Crippen molar-refractivity contribution in [3.63, 3.8) is 0 Å². The van der Waals surface area contributed by atoms with E-state index < -0.39 is 0 Å². The van der Waals surface area contributed by atoms with E-state index >= 15 is 0 Å². The smallest absolute Gasteiger partial charge is 0.137 e. The summed E-state index contributed by atoms with van der Waals surface area (Å²) in [6, 6.07) is 4.42. The molecular formula is C26H40O3. The number of hydrogen-bond acceptors (Lipinski definition) is 3. The fraction of sp³-hybridized carbons (Fsp3) is 0.731. The Labute approximate surface area is 177 Å². The number of ether oxygens (including phenoxy) is 2. The molecule has 3 fully saturated rings. The van der Waals surface area contributed by atoms with Crippen molar-refractivity contribution in [2.75, 3.05) is 14.2 Å². The number of ketones is 1. The van der Waals surface area contributed by atoms with Crippen molar-refractivity contribution in [2.45, 2.75) is 90.9 Å². The lowest BCUT2D eigenvalue weighted by atomic mass is 9.44. The van der Waals surface area contributed by atoms with Crippen LogP contribution in [0.25, 0.3) is 0 Å². The molecule has 3 heteroatoms. The summed E-state index contributed by atoms with van der Waals surface area (Å²) in [5, 5.41) is 0. The Hall–Kier alpha value is -1.51. The van der Waals surface area contributed by atoms with E-state index in [1.54, 1.807) is 14.2 Å². The van der Waals surface area contributed by atoms with Gasteiger partial charge in [-0.1, -0.05) is 60.3 Å². The molecule has 1 aromatic carbocycles. The molecule has 0 aliphatic heterocycles. The maximum Gasteiger partial charge on any atom is 0.137 e. The molecule has 0 heterocycles. The molecule has 29 heavy (non-hydrogen) atoms. The molecule has 0 saturated heterocycles. The zero-order valence-corrected chi connectivity index (χ0v) is 19.6. The number of benzene rings is 1. The molecule has 3 atom stereocenters. The van der Waals surface area contributed by atoms with Gasteiger partial charge in [-0.25, -0.2) is 0 Å². The molecule has 0 amide bonds. The van der Waals surface area contributed by atoms with Gasteiger partial charge in [0, 0.05) is 23.8 Å². The predicted octanol–water partition coefficient (Wildman–Crippen LogP) is 6.67. The number of carbonyl (C=O) groups excluding carboxylic acids is 1. The lowest BCUT2D eigenvalue weighted by Gasteiger charge is -2.59. The van der Waals surface area contributed by atoms with Gasteiger partial charge in [0.25, 0.3) is 0 Å². The van der Waals surface area contributed by atoms with Gasteiger partial charge in [-0.2, -0.15) is 0 Å². The van der Waals surface area contributed by atoms with E-state index in [9.17, 15) is 4.79 Å². The number of unbranched alkanes of at least 4 members (excludes halogenated alkanes) is 3. The molecule has 1 unspecified atom stereocenters. The summed E-state index contributed by atoms with van der Waals surface area (Å²) in [6.07, 6.45) is 7.86. The fourth-order valence-corrected chi connectivity index (χ4v) is 5.83. The number of Topliss-reactive ketones (excluding diaryl/α,β-unsaturated/α-hetero) is 1. The third kappa shape index (κ3) is 3.94. The highest BCUT2D eigenvalue weighted by Gasteiger charge is 2.59. The minimum absolute atomic E-state index is 0.0655. The molecule has 0 spiro atoms. The average Bonchev–Trinajstić information content (AvgIpc) is 2.69. The Morgan fingerprint density at radius 2 is 1.69 bits per heavy atom. The number of rotatable bonds is 9. The maximum atomic E-state index is 12.7. The number of hydrogen-bond donors (Lipinski definition) is 0. The van der Waals surface area contributed by atoms with Crippen LogP contribution in [0.1, 0.15) is 96.6 Å². The van der Waals surface area contributed by atoms with Gasteiger partial charge in [0.15, 0.2) is 0 Å². The third-order valence-electron chi connectivity index (χ3n) is 7.99. The normalized spacial score (nSPS) is 25.5. The minimum Gasteiger partial charge on any atom is -0.496 e. The Balaban J connectivity index is 1.94. The van der Waals surface area contributed by atoms with Crippen molar-refractivity contribution in [1.29, 1.82) is 0 Å². The van der Waals surface area contributed by atoms with Crippen LogP contribution in [0.4, 0.5) is 0 Å². The van der Waals surface area contributed by atoms with Gasteiger partial charge in [-0.05, 0) is 47.3 Å². The average molecular weight is 401 g/mol. The summed E-state index contributed by atoms with van der Waals surface area (Å²) >= 11 is 0. The lowest BCUT2D eigenvalue weighted by Crippen LogP contribution is -2.56. The molecule has 4 rings (SSSR count). The highest BCUT2D eigenvalue weighted by molar-refractivity contribution is 5.86. The monoisotopic (exact) mass is 400 g/mol. The maximum absolute atomic E-state index is 12.7. The first-order valence-corrected chi connectivity index (χ1v) is 11.5. The van der Waals surface area contributed by atoms with Crippen molar-refractivity contribution in [3.8, 4) is 11.5 Å². The molecule has 3 aliphatic carbocycles. The van der Waals surface area contributed by atoms with Crippen LogP contribution >= 0.6 is 0 Å². The van der Waals surface area contributed by atoms with Crippen molar-refractivity contribution in [1.82, 2.24) is 0 Å². The van der Waals surface area contributed by atoms with E-state index in [0.717, 1.165) is 29.9 Å². The Bertz CT molecular complexity index is 721. The molecular weight excluding hydrogens is 360 g/mol. The van der Waals surface area contributed by atoms with Crippen molar-refractivity contribution in [2.24, 2.45) is 17.3 Å². The zero-order chi connectivity index (χ0) is 21.4. The summed E-state index contributed by atoms with van der Waals surface area (Å²) in [4.78, 5) is 12.7. The Morgan fingerprint density at radius 1 is 1.07 bits per heavy atom. The highest BCUT2D eigenvalue weighted by atomic mass is 16.5. The summed E-state index contributed by atoms with van der Waals surface area (Å²) in [7, 11) is 3.49. The van der Waals surface area contributed by atoms with E-state index in [0.29, 0.717) is 18.1 Å². The third-order valence-corrected chi connectivity index (χ3v) is 7.99.